The van der Waals surface area contributed by atoms with Gasteiger partial charge in [-0.1, -0.05) is 53.3 Å². The Morgan fingerprint density at radius 1 is 1.14 bits per heavy atom. The molecule has 1 aliphatic rings. The van der Waals surface area contributed by atoms with Crippen molar-refractivity contribution in [3.05, 3.63) is 60.2 Å². The van der Waals surface area contributed by atoms with Crippen LogP contribution < -0.4 is 4.57 Å². The van der Waals surface area contributed by atoms with E-state index >= 15 is 0 Å². The third kappa shape index (κ3) is 2.12. The Bertz CT molecular complexity index is 1330. The molecular formula is C25H27FN3+. The number of hydrogen-bond donors (Lipinski definition) is 0. The van der Waals surface area contributed by atoms with Crippen molar-refractivity contribution in [2.24, 2.45) is 0 Å². The summed E-state index contributed by atoms with van der Waals surface area (Å²) < 4.78 is 19.4. The zero-order valence-corrected chi connectivity index (χ0v) is 17.8. The highest BCUT2D eigenvalue weighted by molar-refractivity contribution is 6.03. The number of para-hydroxylation sites is 2. The van der Waals surface area contributed by atoms with Gasteiger partial charge in [-0.2, -0.15) is 4.40 Å². The van der Waals surface area contributed by atoms with Crippen molar-refractivity contribution in [1.29, 1.82) is 0 Å². The van der Waals surface area contributed by atoms with Crippen molar-refractivity contribution in [2.75, 3.05) is 0 Å². The third-order valence-electron chi connectivity index (χ3n) is 6.69. The third-order valence-corrected chi connectivity index (χ3v) is 6.69. The lowest BCUT2D eigenvalue weighted by Gasteiger charge is -2.35. The maximum Gasteiger partial charge on any atom is 0.299 e. The zero-order valence-electron chi connectivity index (χ0n) is 17.8. The van der Waals surface area contributed by atoms with E-state index in [1.807, 2.05) is 0 Å². The van der Waals surface area contributed by atoms with Crippen molar-refractivity contribution in [2.45, 2.75) is 58.4 Å². The number of fused-ring (bicyclic) bond motifs is 3. The first kappa shape index (κ1) is 18.3. The van der Waals surface area contributed by atoms with E-state index in [1.54, 1.807) is 12.1 Å². The molecule has 0 saturated heterocycles. The van der Waals surface area contributed by atoms with Gasteiger partial charge in [-0.05, 0) is 31.0 Å². The SMILES string of the molecule is C=C1c2cc(F)cc3nc(C(C)(C)C)n4c5ccccc5[n+](c4c23)C1(CC)CC. The van der Waals surface area contributed by atoms with Crippen LogP contribution in [0.5, 0.6) is 0 Å². The standard InChI is InChI=1S/C25H27FN3/c1-7-25(8-2)15(3)17-13-16(26)14-18-21(17)22-28(23(27-18)24(4,5)6)19-11-9-10-12-20(19)29(22)25/h9-14H,3,7-8H2,1-2,4-6H3/q+1. The van der Waals surface area contributed by atoms with Gasteiger partial charge in [0.05, 0.1) is 10.9 Å². The number of nitrogens with zero attached hydrogens (tertiary/aromatic N) is 3. The molecule has 1 aliphatic heterocycles. The molecule has 2 aromatic carbocycles. The van der Waals surface area contributed by atoms with Crippen LogP contribution in [0.2, 0.25) is 0 Å². The van der Waals surface area contributed by atoms with Crippen LogP contribution in [-0.2, 0) is 11.0 Å². The predicted octanol–water partition coefficient (Wildman–Crippen LogP) is 5.91. The number of aromatic nitrogens is 3. The van der Waals surface area contributed by atoms with Crippen LogP contribution >= 0.6 is 0 Å². The molecule has 3 nitrogen and oxygen atoms in total. The van der Waals surface area contributed by atoms with E-state index in [0.717, 1.165) is 46.4 Å². The lowest BCUT2D eigenvalue weighted by molar-refractivity contribution is -0.703. The van der Waals surface area contributed by atoms with Crippen LogP contribution in [0, 0.1) is 5.82 Å². The number of hydrogen-bond acceptors (Lipinski definition) is 1. The smallest absolute Gasteiger partial charge is 0.213 e. The Morgan fingerprint density at radius 3 is 2.48 bits per heavy atom. The van der Waals surface area contributed by atoms with Gasteiger partial charge in [0.15, 0.2) is 11.0 Å². The molecule has 5 rings (SSSR count). The Labute approximate surface area is 170 Å². The van der Waals surface area contributed by atoms with Crippen molar-refractivity contribution in [3.63, 3.8) is 0 Å². The minimum Gasteiger partial charge on any atom is -0.213 e. The Balaban J connectivity index is 2.21. The van der Waals surface area contributed by atoms with E-state index in [0.29, 0.717) is 5.52 Å². The highest BCUT2D eigenvalue weighted by Gasteiger charge is 2.47. The van der Waals surface area contributed by atoms with E-state index < -0.39 is 0 Å². The average Bonchev–Trinajstić information content (AvgIpc) is 3.03. The second kappa shape index (κ2) is 5.65. The quantitative estimate of drug-likeness (QED) is 0.391. The molecule has 0 bridgehead atoms. The maximum absolute atomic E-state index is 14.7. The Kier molecular flexibility index (Phi) is 3.57. The number of rotatable bonds is 2. The largest absolute Gasteiger partial charge is 0.299 e. The minimum absolute atomic E-state index is 0.199. The first-order valence-corrected chi connectivity index (χ1v) is 10.4. The summed E-state index contributed by atoms with van der Waals surface area (Å²) in [5.74, 6) is 0.691. The summed E-state index contributed by atoms with van der Waals surface area (Å²) in [6.45, 7) is 15.4. The topological polar surface area (TPSA) is 21.2 Å². The van der Waals surface area contributed by atoms with Crippen LogP contribution in [0.25, 0.3) is 33.2 Å². The van der Waals surface area contributed by atoms with Gasteiger partial charge in [-0.3, -0.25) is 0 Å². The minimum atomic E-state index is -0.293. The van der Waals surface area contributed by atoms with E-state index in [9.17, 15) is 4.39 Å². The highest BCUT2D eigenvalue weighted by Crippen LogP contribution is 2.45. The Morgan fingerprint density at radius 2 is 1.83 bits per heavy atom. The first-order valence-electron chi connectivity index (χ1n) is 10.4. The van der Waals surface area contributed by atoms with Gasteiger partial charge < -0.3 is 0 Å². The number of allylic oxidation sites excluding steroid dienone is 1. The summed E-state index contributed by atoms with van der Waals surface area (Å²) >= 11 is 0. The zero-order chi connectivity index (χ0) is 20.7. The molecule has 0 N–H and O–H groups in total. The average molecular weight is 389 g/mol. The molecule has 4 aromatic rings. The normalized spacial score (nSPS) is 15.9. The van der Waals surface area contributed by atoms with Gasteiger partial charge in [0, 0.05) is 22.6 Å². The second-order valence-corrected chi connectivity index (χ2v) is 9.23. The van der Waals surface area contributed by atoms with E-state index in [1.165, 1.54) is 5.52 Å². The molecule has 4 heteroatoms. The van der Waals surface area contributed by atoms with Crippen LogP contribution in [-0.4, -0.2) is 9.38 Å². The molecular weight excluding hydrogens is 361 g/mol. The number of benzene rings is 2. The predicted molar refractivity (Wildman–Crippen MR) is 117 cm³/mol. The van der Waals surface area contributed by atoms with Crippen LogP contribution in [0.1, 0.15) is 58.8 Å². The fraction of sp³-hybridized carbons (Fsp3) is 0.360. The number of imidazole rings is 1. The highest BCUT2D eigenvalue weighted by atomic mass is 19.1. The molecule has 29 heavy (non-hydrogen) atoms. The van der Waals surface area contributed by atoms with E-state index in [2.05, 4.69) is 74.4 Å². The van der Waals surface area contributed by atoms with Crippen LogP contribution in [0.3, 0.4) is 0 Å². The van der Waals surface area contributed by atoms with Crippen molar-refractivity contribution >= 4 is 33.2 Å². The van der Waals surface area contributed by atoms with E-state index in [4.69, 9.17) is 4.98 Å². The molecule has 0 fully saturated rings. The molecule has 2 aromatic heterocycles. The van der Waals surface area contributed by atoms with Gasteiger partial charge in [0.25, 0.3) is 5.65 Å². The molecule has 0 radical (unpaired) electrons. The summed E-state index contributed by atoms with van der Waals surface area (Å²) in [7, 11) is 0. The maximum atomic E-state index is 14.7. The lowest BCUT2D eigenvalue weighted by Crippen LogP contribution is -2.57. The Hall–Kier alpha value is -2.75. The van der Waals surface area contributed by atoms with Crippen molar-refractivity contribution in [1.82, 2.24) is 9.38 Å². The molecule has 0 spiro atoms. The summed E-state index contributed by atoms with van der Waals surface area (Å²) in [5.41, 5.74) is 5.50. The van der Waals surface area contributed by atoms with Crippen LogP contribution in [0.15, 0.2) is 43.0 Å². The number of halogens is 1. The summed E-state index contributed by atoms with van der Waals surface area (Å²) in [6, 6.07) is 11.7. The first-order chi connectivity index (χ1) is 13.7. The fourth-order valence-electron chi connectivity index (χ4n) is 5.24. The van der Waals surface area contributed by atoms with Crippen molar-refractivity contribution < 1.29 is 8.96 Å². The van der Waals surface area contributed by atoms with Gasteiger partial charge in [-0.15, -0.1) is 0 Å². The fourth-order valence-corrected chi connectivity index (χ4v) is 5.24. The lowest BCUT2D eigenvalue weighted by atomic mass is 9.77. The van der Waals surface area contributed by atoms with E-state index in [-0.39, 0.29) is 16.8 Å². The molecule has 0 aliphatic carbocycles. The molecule has 3 heterocycles. The molecule has 0 atom stereocenters. The van der Waals surface area contributed by atoms with Gasteiger partial charge in [-0.25, -0.2) is 13.9 Å². The van der Waals surface area contributed by atoms with Gasteiger partial charge in [0.2, 0.25) is 5.82 Å². The van der Waals surface area contributed by atoms with Crippen molar-refractivity contribution in [3.8, 4) is 0 Å². The monoisotopic (exact) mass is 388 g/mol. The summed E-state index contributed by atoms with van der Waals surface area (Å²) in [6.07, 6.45) is 1.78. The molecule has 0 unspecified atom stereocenters. The molecule has 0 amide bonds. The van der Waals surface area contributed by atoms with Gasteiger partial charge >= 0.3 is 0 Å². The molecule has 148 valence electrons. The van der Waals surface area contributed by atoms with Gasteiger partial charge in [0.1, 0.15) is 11.4 Å². The summed E-state index contributed by atoms with van der Waals surface area (Å²) in [4.78, 5) is 5.00. The second-order valence-electron chi connectivity index (χ2n) is 9.23. The van der Waals surface area contributed by atoms with Crippen LogP contribution in [0.4, 0.5) is 4.39 Å². The summed E-state index contributed by atoms with van der Waals surface area (Å²) in [5, 5.41) is 0.998. The molecule has 0 saturated carbocycles.